The van der Waals surface area contributed by atoms with E-state index in [2.05, 4.69) is 34.6 Å². The van der Waals surface area contributed by atoms with E-state index >= 15 is 9.59 Å². The van der Waals surface area contributed by atoms with Gasteiger partial charge in [0.05, 0.1) is 30.1 Å². The van der Waals surface area contributed by atoms with Crippen LogP contribution in [0.3, 0.4) is 0 Å². The molecule has 1 N–H and O–H groups in total. The molecule has 0 aromatic heterocycles. The molecule has 4 aliphatic heterocycles. The number of rotatable bonds is 9. The standard InChI is InChI=1S/C40H51N3O5/c1-7-39-20-14-22-41(25-29-18-12-9-13-19-29)34(45)31(39)32-35(46)43(30(26-44)24-28-16-10-8-11-17-28)33-36(47)42(23-15-21-40(32,33)48-39)38(5,6)27-37(2,3)4/h8-21,30-33,44H,7,22-27H2,1-6H3/t30-,31-,32+,33?,39+,40+/m1/s1. The van der Waals surface area contributed by atoms with E-state index in [1.165, 1.54) is 0 Å². The lowest BCUT2D eigenvalue weighted by atomic mass is 9.72. The molecule has 3 amide bonds. The molecule has 0 saturated carbocycles. The molecule has 8 heteroatoms. The van der Waals surface area contributed by atoms with E-state index in [1.54, 1.807) is 9.80 Å². The molecule has 0 aliphatic carbocycles. The van der Waals surface area contributed by atoms with E-state index in [0.717, 1.165) is 17.5 Å². The Hall–Kier alpha value is -3.75. The van der Waals surface area contributed by atoms with Crippen LogP contribution in [-0.4, -0.2) is 86.0 Å². The van der Waals surface area contributed by atoms with Gasteiger partial charge in [-0.2, -0.15) is 0 Å². The van der Waals surface area contributed by atoms with Gasteiger partial charge in [-0.05, 0) is 49.7 Å². The van der Waals surface area contributed by atoms with Gasteiger partial charge in [-0.25, -0.2) is 0 Å². The van der Waals surface area contributed by atoms with E-state index in [0.29, 0.717) is 32.5 Å². The minimum absolute atomic E-state index is 0.0606. The number of likely N-dealkylation sites (tertiary alicyclic amines) is 1. The van der Waals surface area contributed by atoms with Crippen molar-refractivity contribution >= 4 is 17.7 Å². The molecule has 2 fully saturated rings. The zero-order valence-corrected chi connectivity index (χ0v) is 29.3. The third kappa shape index (κ3) is 5.81. The number of fused-ring (bicyclic) bond motifs is 2. The molecule has 4 heterocycles. The highest BCUT2D eigenvalue weighted by atomic mass is 16.5. The van der Waals surface area contributed by atoms with Crippen molar-refractivity contribution in [1.29, 1.82) is 0 Å². The summed E-state index contributed by atoms with van der Waals surface area (Å²) in [7, 11) is 0. The van der Waals surface area contributed by atoms with Gasteiger partial charge in [-0.3, -0.25) is 14.4 Å². The zero-order valence-electron chi connectivity index (χ0n) is 29.3. The Balaban J connectivity index is 1.48. The Kier molecular flexibility index (Phi) is 8.96. The summed E-state index contributed by atoms with van der Waals surface area (Å²) in [5.74, 6) is -2.46. The molecule has 256 valence electrons. The van der Waals surface area contributed by atoms with E-state index in [4.69, 9.17) is 4.74 Å². The largest absolute Gasteiger partial charge is 0.394 e. The number of aliphatic hydroxyl groups excluding tert-OH is 1. The number of amides is 3. The molecule has 4 aliphatic rings. The topological polar surface area (TPSA) is 90.4 Å². The van der Waals surface area contributed by atoms with Gasteiger partial charge in [0.25, 0.3) is 0 Å². The quantitative estimate of drug-likeness (QED) is 0.378. The lowest BCUT2D eigenvalue weighted by Crippen LogP contribution is -2.62. The van der Waals surface area contributed by atoms with Crippen molar-refractivity contribution in [2.45, 2.75) is 96.2 Å². The molecular formula is C40H51N3O5. The summed E-state index contributed by atoms with van der Waals surface area (Å²) in [5.41, 5.74) is -1.11. The smallest absolute Gasteiger partial charge is 0.249 e. The lowest BCUT2D eigenvalue weighted by Gasteiger charge is -2.46. The van der Waals surface area contributed by atoms with Crippen LogP contribution in [0.15, 0.2) is 85.0 Å². The molecule has 0 radical (unpaired) electrons. The minimum atomic E-state index is -1.39. The first-order valence-corrected chi connectivity index (χ1v) is 17.4. The van der Waals surface area contributed by atoms with E-state index in [9.17, 15) is 9.90 Å². The van der Waals surface area contributed by atoms with Crippen LogP contribution in [0.4, 0.5) is 0 Å². The predicted molar refractivity (Wildman–Crippen MR) is 185 cm³/mol. The van der Waals surface area contributed by atoms with E-state index < -0.39 is 40.7 Å². The van der Waals surface area contributed by atoms with Crippen molar-refractivity contribution in [1.82, 2.24) is 14.7 Å². The second-order valence-corrected chi connectivity index (χ2v) is 15.9. The Morgan fingerprint density at radius 2 is 1.46 bits per heavy atom. The van der Waals surface area contributed by atoms with Crippen molar-refractivity contribution in [3.05, 3.63) is 96.1 Å². The van der Waals surface area contributed by atoms with Gasteiger partial charge in [0.2, 0.25) is 17.7 Å². The van der Waals surface area contributed by atoms with Crippen LogP contribution in [0.1, 0.15) is 65.5 Å². The first-order valence-electron chi connectivity index (χ1n) is 17.4. The molecule has 2 saturated heterocycles. The summed E-state index contributed by atoms with van der Waals surface area (Å²) >= 11 is 0. The maximum absolute atomic E-state index is 15.2. The highest BCUT2D eigenvalue weighted by Crippen LogP contribution is 2.59. The Morgan fingerprint density at radius 1 is 0.833 bits per heavy atom. The maximum atomic E-state index is 15.2. The highest BCUT2D eigenvalue weighted by molar-refractivity contribution is 6.00. The number of ether oxygens (including phenoxy) is 1. The van der Waals surface area contributed by atoms with Crippen LogP contribution in [0.25, 0.3) is 0 Å². The molecule has 1 spiro atoms. The van der Waals surface area contributed by atoms with Gasteiger partial charge in [0.15, 0.2) is 0 Å². The molecular weight excluding hydrogens is 602 g/mol. The molecule has 6 rings (SSSR count). The van der Waals surface area contributed by atoms with Crippen molar-refractivity contribution in [2.24, 2.45) is 17.3 Å². The number of hydrogen-bond donors (Lipinski definition) is 1. The second kappa shape index (κ2) is 12.6. The average molecular weight is 654 g/mol. The molecule has 6 atom stereocenters. The highest BCUT2D eigenvalue weighted by Gasteiger charge is 2.76. The summed E-state index contributed by atoms with van der Waals surface area (Å²) in [4.78, 5) is 50.4. The van der Waals surface area contributed by atoms with Crippen LogP contribution in [0.5, 0.6) is 0 Å². The molecule has 2 aromatic carbocycles. The average Bonchev–Trinajstić information content (AvgIpc) is 3.34. The van der Waals surface area contributed by atoms with Crippen LogP contribution >= 0.6 is 0 Å². The molecule has 1 unspecified atom stereocenters. The molecule has 8 nitrogen and oxygen atoms in total. The zero-order chi connectivity index (χ0) is 34.5. The third-order valence-corrected chi connectivity index (χ3v) is 10.8. The van der Waals surface area contributed by atoms with E-state index in [1.807, 2.05) is 96.8 Å². The van der Waals surface area contributed by atoms with Gasteiger partial charge in [0.1, 0.15) is 11.6 Å². The van der Waals surface area contributed by atoms with E-state index in [-0.39, 0.29) is 29.7 Å². The second-order valence-electron chi connectivity index (χ2n) is 15.9. The number of carbonyl (C=O) groups excluding carboxylic acids is 3. The van der Waals surface area contributed by atoms with Crippen LogP contribution < -0.4 is 0 Å². The maximum Gasteiger partial charge on any atom is 0.249 e. The number of carbonyl (C=O) groups is 3. The van der Waals surface area contributed by atoms with Gasteiger partial charge in [0, 0.05) is 25.2 Å². The number of nitrogens with zero attached hydrogens (tertiary/aromatic N) is 3. The van der Waals surface area contributed by atoms with Crippen LogP contribution in [-0.2, 0) is 32.1 Å². The number of hydrogen-bond acceptors (Lipinski definition) is 5. The fourth-order valence-corrected chi connectivity index (χ4v) is 9.16. The Labute approximate surface area is 285 Å². The van der Waals surface area contributed by atoms with Gasteiger partial charge >= 0.3 is 0 Å². The van der Waals surface area contributed by atoms with Crippen LogP contribution in [0.2, 0.25) is 0 Å². The SMILES string of the molecule is CC[C@]12C=CCN(Cc3ccccc3)C(=O)[C@H]1[C@H]1C(=O)N([C@@H](CO)Cc3ccccc3)C3C(=O)N(C(C)(C)CC(C)(C)C)CC=C[C@@]31O2. The predicted octanol–water partition coefficient (Wildman–Crippen LogP) is 5.16. The van der Waals surface area contributed by atoms with Crippen molar-refractivity contribution in [3.63, 3.8) is 0 Å². The van der Waals surface area contributed by atoms with Gasteiger partial charge in [-0.1, -0.05) is 113 Å². The number of benzene rings is 2. The number of aliphatic hydroxyl groups is 1. The summed E-state index contributed by atoms with van der Waals surface area (Å²) in [6, 6.07) is 17.8. The van der Waals surface area contributed by atoms with Crippen molar-refractivity contribution < 1.29 is 24.2 Å². The third-order valence-electron chi connectivity index (χ3n) is 10.8. The summed E-state index contributed by atoms with van der Waals surface area (Å²) in [5, 5.41) is 10.9. The fourth-order valence-electron chi connectivity index (χ4n) is 9.16. The monoisotopic (exact) mass is 653 g/mol. The normalized spacial score (nSPS) is 29.4. The Morgan fingerprint density at radius 3 is 2.06 bits per heavy atom. The summed E-state index contributed by atoms with van der Waals surface area (Å²) in [6.45, 7) is 13.4. The molecule has 48 heavy (non-hydrogen) atoms. The first-order chi connectivity index (χ1) is 22.8. The summed E-state index contributed by atoms with van der Waals surface area (Å²) < 4.78 is 7.21. The van der Waals surface area contributed by atoms with Crippen LogP contribution in [0, 0.1) is 17.3 Å². The molecule has 2 aromatic rings. The molecule has 0 bridgehead atoms. The first kappa shape index (κ1) is 34.1. The fraction of sp³-hybridized carbons (Fsp3) is 0.525. The Bertz CT molecular complexity index is 1580. The van der Waals surface area contributed by atoms with Crippen molar-refractivity contribution in [3.8, 4) is 0 Å². The van der Waals surface area contributed by atoms with Crippen molar-refractivity contribution in [2.75, 3.05) is 19.7 Å². The van der Waals surface area contributed by atoms with Gasteiger partial charge in [-0.15, -0.1) is 0 Å². The minimum Gasteiger partial charge on any atom is -0.394 e. The lowest BCUT2D eigenvalue weighted by molar-refractivity contribution is -0.160. The van der Waals surface area contributed by atoms with Gasteiger partial charge < -0.3 is 24.5 Å². The summed E-state index contributed by atoms with van der Waals surface area (Å²) in [6.07, 6.45) is 9.39.